The van der Waals surface area contributed by atoms with Gasteiger partial charge in [0.05, 0.1) is 0 Å². The van der Waals surface area contributed by atoms with Gasteiger partial charge in [0.2, 0.25) is 0 Å². The van der Waals surface area contributed by atoms with E-state index in [1.807, 2.05) is 60.7 Å². The summed E-state index contributed by atoms with van der Waals surface area (Å²) < 4.78 is 12.4. The molecule has 0 amide bonds. The van der Waals surface area contributed by atoms with Crippen LogP contribution in [0.25, 0.3) is 0 Å². The maximum atomic E-state index is 12.2. The molecule has 0 radical (unpaired) electrons. The van der Waals surface area contributed by atoms with Crippen molar-refractivity contribution in [2.45, 2.75) is 30.8 Å². The lowest BCUT2D eigenvalue weighted by atomic mass is 9.94. The van der Waals surface area contributed by atoms with E-state index in [9.17, 15) is 4.79 Å². The Morgan fingerprint density at radius 3 is 2.19 bits per heavy atom. The zero-order chi connectivity index (χ0) is 14.3. The molecule has 0 aromatic heterocycles. The molecule has 2 bridgehead atoms. The fourth-order valence-corrected chi connectivity index (χ4v) is 3.20. The van der Waals surface area contributed by atoms with Crippen LogP contribution in [-0.4, -0.2) is 11.9 Å². The largest absolute Gasteiger partial charge is 0.335 e. The van der Waals surface area contributed by atoms with E-state index >= 15 is 0 Å². The highest BCUT2D eigenvalue weighted by atomic mass is 16.8. The van der Waals surface area contributed by atoms with Crippen molar-refractivity contribution < 1.29 is 14.3 Å². The maximum Gasteiger partial charge on any atom is 0.197 e. The normalized spacial score (nSPS) is 31.3. The Morgan fingerprint density at radius 1 is 0.857 bits per heavy atom. The first-order valence-electron chi connectivity index (χ1n) is 7.27. The lowest BCUT2D eigenvalue weighted by Crippen LogP contribution is -2.36. The molecular weight excluding hydrogens is 264 g/mol. The molecule has 2 aliphatic rings. The Morgan fingerprint density at radius 2 is 1.48 bits per heavy atom. The van der Waals surface area contributed by atoms with Gasteiger partial charge in [0, 0.05) is 18.4 Å². The van der Waals surface area contributed by atoms with Gasteiger partial charge < -0.3 is 9.47 Å². The van der Waals surface area contributed by atoms with Crippen LogP contribution >= 0.6 is 0 Å². The van der Waals surface area contributed by atoms with Crippen LogP contribution in [0.15, 0.2) is 60.7 Å². The third-order valence-corrected chi connectivity index (χ3v) is 4.27. The molecule has 0 spiro atoms. The van der Waals surface area contributed by atoms with Crippen LogP contribution in [0.5, 0.6) is 0 Å². The highest BCUT2D eigenvalue weighted by Gasteiger charge is 2.55. The molecule has 106 valence electrons. The number of Topliss-reactive ketones (excluding diaryl/α,β-unsaturated/α-hetero) is 1. The summed E-state index contributed by atoms with van der Waals surface area (Å²) in [4.78, 5) is 12.2. The first-order chi connectivity index (χ1) is 10.3. The molecule has 3 atom stereocenters. The number of fused-ring (bicyclic) bond motifs is 2. The Kier molecular flexibility index (Phi) is 2.91. The first-order valence-corrected chi connectivity index (χ1v) is 7.27. The van der Waals surface area contributed by atoms with Crippen LogP contribution in [0.2, 0.25) is 0 Å². The van der Waals surface area contributed by atoms with Crippen LogP contribution in [0, 0.1) is 0 Å². The Hall–Kier alpha value is -1.97. The molecule has 21 heavy (non-hydrogen) atoms. The summed E-state index contributed by atoms with van der Waals surface area (Å²) in [6.07, 6.45) is 0.265. The molecule has 2 heterocycles. The number of ether oxygens (including phenoxy) is 2. The van der Waals surface area contributed by atoms with E-state index in [2.05, 4.69) is 0 Å². The van der Waals surface area contributed by atoms with Gasteiger partial charge in [-0.25, -0.2) is 0 Å². The number of rotatable bonds is 2. The standard InChI is InChI=1S/C18H16O3/c19-15-11-12-18(14-9-5-2-6-10-14)20-16(17(15)21-18)13-7-3-1-4-8-13/h1-10,16-17H,11-12H2/t16-,17-,18-/m0/s1. The predicted octanol–water partition coefficient (Wildman–Crippen LogP) is 3.36. The van der Waals surface area contributed by atoms with Crippen molar-refractivity contribution in [1.29, 1.82) is 0 Å². The molecule has 2 aromatic rings. The van der Waals surface area contributed by atoms with Crippen molar-refractivity contribution in [1.82, 2.24) is 0 Å². The quantitative estimate of drug-likeness (QED) is 0.846. The van der Waals surface area contributed by atoms with Crippen molar-refractivity contribution in [3.8, 4) is 0 Å². The summed E-state index contributed by atoms with van der Waals surface area (Å²) >= 11 is 0. The smallest absolute Gasteiger partial charge is 0.197 e. The second-order valence-corrected chi connectivity index (χ2v) is 5.57. The van der Waals surface area contributed by atoms with Crippen LogP contribution in [0.3, 0.4) is 0 Å². The molecule has 0 aliphatic carbocycles. The summed E-state index contributed by atoms with van der Waals surface area (Å²) in [5.74, 6) is -0.645. The average molecular weight is 280 g/mol. The van der Waals surface area contributed by atoms with Crippen LogP contribution in [0.4, 0.5) is 0 Å². The molecule has 4 rings (SSSR count). The predicted molar refractivity (Wildman–Crippen MR) is 77.5 cm³/mol. The lowest BCUT2D eigenvalue weighted by Gasteiger charge is -2.31. The van der Waals surface area contributed by atoms with E-state index in [4.69, 9.17) is 9.47 Å². The SMILES string of the molecule is O=C1CC[C@@]2(c3ccccc3)O[C@@H]1[C@H](c1ccccc1)O2. The van der Waals surface area contributed by atoms with Gasteiger partial charge in [-0.3, -0.25) is 4.79 Å². The Bertz CT molecular complexity index is 653. The van der Waals surface area contributed by atoms with Gasteiger partial charge in [-0.05, 0) is 5.56 Å². The molecule has 2 fully saturated rings. The van der Waals surface area contributed by atoms with E-state index in [-0.39, 0.29) is 11.9 Å². The minimum atomic E-state index is -0.777. The van der Waals surface area contributed by atoms with Gasteiger partial charge in [-0.2, -0.15) is 0 Å². The highest BCUT2D eigenvalue weighted by Crippen LogP contribution is 2.50. The van der Waals surface area contributed by atoms with Gasteiger partial charge in [0.25, 0.3) is 0 Å². The fourth-order valence-electron chi connectivity index (χ4n) is 3.20. The van der Waals surface area contributed by atoms with Crippen molar-refractivity contribution in [3.05, 3.63) is 71.8 Å². The molecule has 3 nitrogen and oxygen atoms in total. The monoisotopic (exact) mass is 280 g/mol. The molecule has 2 aromatic carbocycles. The van der Waals surface area contributed by atoms with Gasteiger partial charge >= 0.3 is 0 Å². The van der Waals surface area contributed by atoms with Gasteiger partial charge in [0.1, 0.15) is 12.2 Å². The van der Waals surface area contributed by atoms with Crippen molar-refractivity contribution in [2.75, 3.05) is 0 Å². The van der Waals surface area contributed by atoms with E-state index in [1.54, 1.807) is 0 Å². The van der Waals surface area contributed by atoms with Gasteiger partial charge in [0.15, 0.2) is 11.6 Å². The van der Waals surface area contributed by atoms with Crippen LogP contribution in [0.1, 0.15) is 30.1 Å². The molecule has 0 saturated carbocycles. The number of carbonyl (C=O) groups is 1. The highest BCUT2D eigenvalue weighted by molar-refractivity contribution is 5.85. The van der Waals surface area contributed by atoms with Crippen molar-refractivity contribution in [2.24, 2.45) is 0 Å². The second kappa shape index (κ2) is 4.79. The lowest BCUT2D eigenvalue weighted by molar-refractivity contribution is -0.202. The van der Waals surface area contributed by atoms with Crippen molar-refractivity contribution in [3.63, 3.8) is 0 Å². The average Bonchev–Trinajstić information content (AvgIpc) is 2.89. The molecule has 2 saturated heterocycles. The van der Waals surface area contributed by atoms with Crippen LogP contribution in [-0.2, 0) is 20.1 Å². The molecular formula is C18H16O3. The van der Waals surface area contributed by atoms with Crippen LogP contribution < -0.4 is 0 Å². The van der Waals surface area contributed by atoms with E-state index in [0.29, 0.717) is 12.8 Å². The summed E-state index contributed by atoms with van der Waals surface area (Å²) in [6, 6.07) is 19.8. The Balaban J connectivity index is 1.75. The minimum Gasteiger partial charge on any atom is -0.335 e. The number of benzene rings is 2. The third kappa shape index (κ3) is 2.01. The zero-order valence-electron chi connectivity index (χ0n) is 11.6. The topological polar surface area (TPSA) is 35.5 Å². The minimum absolute atomic E-state index is 0.132. The summed E-state index contributed by atoms with van der Waals surface area (Å²) in [7, 11) is 0. The second-order valence-electron chi connectivity index (χ2n) is 5.57. The first kappa shape index (κ1) is 12.7. The zero-order valence-corrected chi connectivity index (χ0v) is 11.6. The molecule has 2 aliphatic heterocycles. The number of hydrogen-bond donors (Lipinski definition) is 0. The maximum absolute atomic E-state index is 12.2. The summed E-state index contributed by atoms with van der Waals surface area (Å²) in [5, 5.41) is 0. The fraction of sp³-hybridized carbons (Fsp3) is 0.278. The number of carbonyl (C=O) groups excluding carboxylic acids is 1. The van der Waals surface area contributed by atoms with Gasteiger partial charge in [-0.1, -0.05) is 60.7 Å². The summed E-state index contributed by atoms with van der Waals surface area (Å²) in [5.41, 5.74) is 1.98. The molecule has 0 unspecified atom stereocenters. The summed E-state index contributed by atoms with van der Waals surface area (Å²) in [6.45, 7) is 0. The van der Waals surface area contributed by atoms with Crippen molar-refractivity contribution >= 4 is 5.78 Å². The van der Waals surface area contributed by atoms with Gasteiger partial charge in [-0.15, -0.1) is 0 Å². The molecule has 3 heteroatoms. The third-order valence-electron chi connectivity index (χ3n) is 4.27. The number of hydrogen-bond acceptors (Lipinski definition) is 3. The molecule has 0 N–H and O–H groups in total. The Labute approximate surface area is 123 Å². The van der Waals surface area contributed by atoms with E-state index in [0.717, 1.165) is 11.1 Å². The number of ketones is 1. The van der Waals surface area contributed by atoms with E-state index < -0.39 is 11.9 Å². The van der Waals surface area contributed by atoms with E-state index in [1.165, 1.54) is 0 Å².